The first-order valence-electron chi connectivity index (χ1n) is 5.03. The Labute approximate surface area is 105 Å². The van der Waals surface area contributed by atoms with E-state index in [1.807, 2.05) is 0 Å². The van der Waals surface area contributed by atoms with Gasteiger partial charge in [0.05, 0.1) is 12.0 Å². The number of hydrogen-bond acceptors (Lipinski definition) is 4. The van der Waals surface area contributed by atoms with Gasteiger partial charge in [-0.2, -0.15) is 0 Å². The highest BCUT2D eigenvalue weighted by molar-refractivity contribution is 9.10. The maximum Gasteiger partial charge on any atom is 0.374 e. The summed E-state index contributed by atoms with van der Waals surface area (Å²) in [6.07, 6.45) is 0. The van der Waals surface area contributed by atoms with Crippen LogP contribution in [0.5, 0.6) is 0 Å². The smallest absolute Gasteiger partial charge is 0.374 e. The first kappa shape index (κ1) is 11.9. The average molecular weight is 297 g/mol. The van der Waals surface area contributed by atoms with E-state index in [0.717, 1.165) is 0 Å². The summed E-state index contributed by atoms with van der Waals surface area (Å²) in [6, 6.07) is 6.75. The standard InChI is InChI=1S/C12H9BrO4/c1-2-16-11(14)9-6-7-4-3-5-8(13)10(7)12(15)17-9/h3-6H,2H2,1H3. The molecule has 2 rings (SSSR count). The van der Waals surface area contributed by atoms with E-state index in [4.69, 9.17) is 9.15 Å². The Morgan fingerprint density at radius 3 is 2.94 bits per heavy atom. The van der Waals surface area contributed by atoms with Crippen LogP contribution in [0.4, 0.5) is 0 Å². The van der Waals surface area contributed by atoms with Gasteiger partial charge in [-0.3, -0.25) is 0 Å². The summed E-state index contributed by atoms with van der Waals surface area (Å²) in [7, 11) is 0. The molecule has 88 valence electrons. The Morgan fingerprint density at radius 2 is 2.24 bits per heavy atom. The lowest BCUT2D eigenvalue weighted by Crippen LogP contribution is -2.10. The highest BCUT2D eigenvalue weighted by Crippen LogP contribution is 2.21. The molecule has 17 heavy (non-hydrogen) atoms. The van der Waals surface area contributed by atoms with Crippen molar-refractivity contribution in [3.63, 3.8) is 0 Å². The molecule has 1 heterocycles. The van der Waals surface area contributed by atoms with Gasteiger partial charge in [-0.1, -0.05) is 12.1 Å². The Bertz CT molecular complexity index is 630. The minimum atomic E-state index is -0.633. The molecule has 0 aliphatic rings. The molecule has 0 saturated heterocycles. The van der Waals surface area contributed by atoms with E-state index in [9.17, 15) is 9.59 Å². The van der Waals surface area contributed by atoms with Crippen molar-refractivity contribution in [2.45, 2.75) is 6.92 Å². The van der Waals surface area contributed by atoms with Gasteiger partial charge < -0.3 is 9.15 Å². The van der Waals surface area contributed by atoms with E-state index in [-0.39, 0.29) is 12.4 Å². The molecule has 0 amide bonds. The van der Waals surface area contributed by atoms with Gasteiger partial charge >= 0.3 is 11.6 Å². The van der Waals surface area contributed by atoms with Crippen LogP contribution < -0.4 is 5.63 Å². The lowest BCUT2D eigenvalue weighted by molar-refractivity contribution is 0.0485. The number of hydrogen-bond donors (Lipinski definition) is 0. The number of esters is 1. The minimum absolute atomic E-state index is 0.0811. The van der Waals surface area contributed by atoms with Crippen LogP contribution in [0.25, 0.3) is 10.8 Å². The van der Waals surface area contributed by atoms with Gasteiger partial charge in [-0.05, 0) is 40.4 Å². The summed E-state index contributed by atoms with van der Waals surface area (Å²) in [4.78, 5) is 23.2. The minimum Gasteiger partial charge on any atom is -0.460 e. The van der Waals surface area contributed by atoms with Gasteiger partial charge in [-0.15, -0.1) is 0 Å². The molecular weight excluding hydrogens is 288 g/mol. The second kappa shape index (κ2) is 4.71. The van der Waals surface area contributed by atoms with Crippen LogP contribution in [0, 0.1) is 0 Å². The molecule has 0 N–H and O–H groups in total. The van der Waals surface area contributed by atoms with Crippen LogP contribution in [-0.4, -0.2) is 12.6 Å². The topological polar surface area (TPSA) is 56.5 Å². The fourth-order valence-electron chi connectivity index (χ4n) is 1.50. The third kappa shape index (κ3) is 2.24. The zero-order chi connectivity index (χ0) is 12.4. The van der Waals surface area contributed by atoms with Gasteiger partial charge in [0.1, 0.15) is 0 Å². The predicted octanol–water partition coefficient (Wildman–Crippen LogP) is 2.73. The van der Waals surface area contributed by atoms with Crippen molar-refractivity contribution in [1.82, 2.24) is 0 Å². The van der Waals surface area contributed by atoms with Crippen LogP contribution in [0.1, 0.15) is 17.5 Å². The molecule has 1 aromatic carbocycles. The third-order valence-corrected chi connectivity index (χ3v) is 2.88. The molecule has 0 fully saturated rings. The molecule has 0 radical (unpaired) electrons. The van der Waals surface area contributed by atoms with Crippen LogP contribution in [0.15, 0.2) is 37.9 Å². The van der Waals surface area contributed by atoms with Crippen LogP contribution >= 0.6 is 15.9 Å². The maximum absolute atomic E-state index is 11.7. The molecular formula is C12H9BrO4. The molecule has 4 nitrogen and oxygen atoms in total. The second-order valence-electron chi connectivity index (χ2n) is 3.32. The highest BCUT2D eigenvalue weighted by Gasteiger charge is 2.14. The highest BCUT2D eigenvalue weighted by atomic mass is 79.9. The van der Waals surface area contributed by atoms with E-state index in [2.05, 4.69) is 15.9 Å². The average Bonchev–Trinajstić information content (AvgIpc) is 2.29. The van der Waals surface area contributed by atoms with E-state index in [0.29, 0.717) is 15.2 Å². The summed E-state index contributed by atoms with van der Waals surface area (Å²) in [5.41, 5.74) is -0.557. The molecule has 0 atom stereocenters. The van der Waals surface area contributed by atoms with Crippen molar-refractivity contribution in [3.8, 4) is 0 Å². The Hall–Kier alpha value is -1.62. The van der Waals surface area contributed by atoms with E-state index >= 15 is 0 Å². The number of ether oxygens (including phenoxy) is 1. The van der Waals surface area contributed by atoms with Gasteiger partial charge in [0.15, 0.2) is 0 Å². The number of halogens is 1. The van der Waals surface area contributed by atoms with Crippen molar-refractivity contribution in [2.75, 3.05) is 6.61 Å². The summed E-state index contributed by atoms with van der Waals surface area (Å²) in [6.45, 7) is 1.92. The summed E-state index contributed by atoms with van der Waals surface area (Å²) in [5.74, 6) is -0.714. The Morgan fingerprint density at radius 1 is 1.47 bits per heavy atom. The zero-order valence-corrected chi connectivity index (χ0v) is 10.6. The van der Waals surface area contributed by atoms with Gasteiger partial charge in [0.25, 0.3) is 0 Å². The van der Waals surface area contributed by atoms with Gasteiger partial charge in [0.2, 0.25) is 5.76 Å². The Kier molecular flexibility index (Phi) is 3.28. The molecule has 0 bridgehead atoms. The zero-order valence-electron chi connectivity index (χ0n) is 9.03. The maximum atomic E-state index is 11.7. The quantitative estimate of drug-likeness (QED) is 0.800. The van der Waals surface area contributed by atoms with Gasteiger partial charge in [0, 0.05) is 4.47 Å². The number of carbonyl (C=O) groups is 1. The molecule has 1 aromatic heterocycles. The molecule has 0 aliphatic heterocycles. The monoisotopic (exact) mass is 296 g/mol. The van der Waals surface area contributed by atoms with Crippen molar-refractivity contribution >= 4 is 32.7 Å². The molecule has 0 saturated carbocycles. The fourth-order valence-corrected chi connectivity index (χ4v) is 2.04. The van der Waals surface area contributed by atoms with Crippen molar-refractivity contribution in [1.29, 1.82) is 0 Å². The lowest BCUT2D eigenvalue weighted by Gasteiger charge is -2.03. The molecule has 2 aromatic rings. The number of rotatable bonds is 2. The summed E-state index contributed by atoms with van der Waals surface area (Å²) in [5, 5.41) is 1.05. The number of benzene rings is 1. The van der Waals surface area contributed by atoms with Crippen LogP contribution in [0.3, 0.4) is 0 Å². The molecule has 0 unspecified atom stereocenters. The predicted molar refractivity (Wildman–Crippen MR) is 66.1 cm³/mol. The van der Waals surface area contributed by atoms with E-state index in [1.54, 1.807) is 25.1 Å². The first-order valence-corrected chi connectivity index (χ1v) is 5.82. The normalized spacial score (nSPS) is 10.5. The molecule has 5 heteroatoms. The second-order valence-corrected chi connectivity index (χ2v) is 4.18. The van der Waals surface area contributed by atoms with Crippen LogP contribution in [0.2, 0.25) is 0 Å². The molecule has 0 spiro atoms. The summed E-state index contributed by atoms with van der Waals surface area (Å²) >= 11 is 3.26. The molecule has 0 aliphatic carbocycles. The fraction of sp³-hybridized carbons (Fsp3) is 0.167. The summed E-state index contributed by atoms with van der Waals surface area (Å²) < 4.78 is 10.3. The third-order valence-electron chi connectivity index (χ3n) is 2.22. The SMILES string of the molecule is CCOC(=O)c1cc2cccc(Br)c2c(=O)o1. The Balaban J connectivity index is 2.65. The van der Waals surface area contributed by atoms with E-state index < -0.39 is 11.6 Å². The number of carbonyl (C=O) groups excluding carboxylic acids is 1. The van der Waals surface area contributed by atoms with Crippen molar-refractivity contribution in [2.24, 2.45) is 0 Å². The van der Waals surface area contributed by atoms with Crippen molar-refractivity contribution < 1.29 is 13.9 Å². The van der Waals surface area contributed by atoms with Gasteiger partial charge in [-0.25, -0.2) is 9.59 Å². The first-order chi connectivity index (χ1) is 8.13. The van der Waals surface area contributed by atoms with Crippen molar-refractivity contribution in [3.05, 3.63) is 44.9 Å². The van der Waals surface area contributed by atoms with Crippen LogP contribution in [-0.2, 0) is 4.74 Å². The van der Waals surface area contributed by atoms with E-state index in [1.165, 1.54) is 6.07 Å². The lowest BCUT2D eigenvalue weighted by atomic mass is 10.2. The largest absolute Gasteiger partial charge is 0.460 e. The number of fused-ring (bicyclic) bond motifs is 1.